The molecular formula is C28H28O5. The van der Waals surface area contributed by atoms with E-state index >= 15 is 0 Å². The first-order valence-electron chi connectivity index (χ1n) is 11.1. The standard InChI is InChI=1S/C28H28O5/c1-3-16-32-22-11-7-10-20(17-22)26-23-14-13-21(31-2)18-25(23)33-28(30)27(26)24(29)15-12-19-8-5-4-6-9-19/h4-15,17-18,24,26-27,29H,3,16H2,1-2H3/b15-12+/t24?,26-,27+/m0/s1. The van der Waals surface area contributed by atoms with E-state index in [1.165, 1.54) is 0 Å². The number of carbonyl (C=O) groups is 1. The van der Waals surface area contributed by atoms with Crippen LogP contribution in [0, 0.1) is 5.92 Å². The number of methoxy groups -OCH3 is 1. The van der Waals surface area contributed by atoms with Gasteiger partial charge in [0.1, 0.15) is 17.2 Å². The Morgan fingerprint density at radius 1 is 1.03 bits per heavy atom. The van der Waals surface area contributed by atoms with Gasteiger partial charge in [-0.1, -0.05) is 67.6 Å². The maximum absolute atomic E-state index is 13.2. The van der Waals surface area contributed by atoms with Crippen molar-refractivity contribution < 1.29 is 24.1 Å². The summed E-state index contributed by atoms with van der Waals surface area (Å²) in [7, 11) is 1.57. The van der Waals surface area contributed by atoms with E-state index < -0.39 is 23.9 Å². The third-order valence-electron chi connectivity index (χ3n) is 5.74. The Morgan fingerprint density at radius 2 is 1.85 bits per heavy atom. The fourth-order valence-corrected chi connectivity index (χ4v) is 4.13. The molecule has 3 aromatic carbocycles. The molecule has 3 atom stereocenters. The first kappa shape index (κ1) is 22.6. The monoisotopic (exact) mass is 444 g/mol. The van der Waals surface area contributed by atoms with Gasteiger partial charge in [0.2, 0.25) is 0 Å². The van der Waals surface area contributed by atoms with E-state index in [1.54, 1.807) is 19.3 Å². The van der Waals surface area contributed by atoms with Crippen molar-refractivity contribution in [1.29, 1.82) is 0 Å². The summed E-state index contributed by atoms with van der Waals surface area (Å²) in [6.07, 6.45) is 3.33. The van der Waals surface area contributed by atoms with E-state index in [0.717, 1.165) is 28.9 Å². The molecule has 0 fully saturated rings. The van der Waals surface area contributed by atoms with E-state index in [-0.39, 0.29) is 0 Å². The van der Waals surface area contributed by atoms with Crippen molar-refractivity contribution >= 4 is 12.0 Å². The molecule has 5 heteroatoms. The number of ether oxygens (including phenoxy) is 3. The van der Waals surface area contributed by atoms with Crippen molar-refractivity contribution in [1.82, 2.24) is 0 Å². The molecule has 0 radical (unpaired) electrons. The molecule has 1 heterocycles. The van der Waals surface area contributed by atoms with Gasteiger partial charge in [0.15, 0.2) is 0 Å². The molecule has 1 N–H and O–H groups in total. The molecule has 0 saturated carbocycles. The normalized spacial score (nSPS) is 18.5. The molecule has 0 spiro atoms. The zero-order chi connectivity index (χ0) is 23.2. The predicted molar refractivity (Wildman–Crippen MR) is 128 cm³/mol. The SMILES string of the molecule is CCCOc1cccc([C@H]2c3ccc(OC)cc3OC(=O)[C@@H]2C(O)/C=C/c2ccccc2)c1. The summed E-state index contributed by atoms with van der Waals surface area (Å²) in [5.41, 5.74) is 2.64. The van der Waals surface area contributed by atoms with Gasteiger partial charge in [0, 0.05) is 17.5 Å². The Hall–Kier alpha value is -3.57. The highest BCUT2D eigenvalue weighted by atomic mass is 16.5. The maximum Gasteiger partial charge on any atom is 0.318 e. The molecule has 1 aliphatic heterocycles. The largest absolute Gasteiger partial charge is 0.497 e. The van der Waals surface area contributed by atoms with Crippen LogP contribution in [0.4, 0.5) is 0 Å². The fourth-order valence-electron chi connectivity index (χ4n) is 4.13. The number of hydrogen-bond acceptors (Lipinski definition) is 5. The summed E-state index contributed by atoms with van der Waals surface area (Å²) in [4.78, 5) is 13.2. The van der Waals surface area contributed by atoms with E-state index in [4.69, 9.17) is 14.2 Å². The van der Waals surface area contributed by atoms with Crippen LogP contribution in [-0.2, 0) is 4.79 Å². The van der Waals surface area contributed by atoms with Crippen molar-refractivity contribution in [2.75, 3.05) is 13.7 Å². The van der Waals surface area contributed by atoms with Crippen LogP contribution in [0.5, 0.6) is 17.2 Å². The number of hydrogen-bond donors (Lipinski definition) is 1. The van der Waals surface area contributed by atoms with Crippen molar-refractivity contribution in [3.8, 4) is 17.2 Å². The second-order valence-electron chi connectivity index (χ2n) is 8.01. The van der Waals surface area contributed by atoms with Gasteiger partial charge in [-0.15, -0.1) is 0 Å². The first-order valence-corrected chi connectivity index (χ1v) is 11.1. The smallest absolute Gasteiger partial charge is 0.318 e. The second-order valence-corrected chi connectivity index (χ2v) is 8.01. The number of aliphatic hydroxyl groups excluding tert-OH is 1. The van der Waals surface area contributed by atoms with Gasteiger partial charge in [-0.2, -0.15) is 0 Å². The highest BCUT2D eigenvalue weighted by molar-refractivity contribution is 5.82. The Morgan fingerprint density at radius 3 is 2.61 bits per heavy atom. The van der Waals surface area contributed by atoms with Crippen LogP contribution in [0.2, 0.25) is 0 Å². The van der Waals surface area contributed by atoms with Gasteiger partial charge in [-0.05, 0) is 35.7 Å². The zero-order valence-electron chi connectivity index (χ0n) is 18.8. The summed E-state index contributed by atoms with van der Waals surface area (Å²) in [6.45, 7) is 2.66. The minimum Gasteiger partial charge on any atom is -0.497 e. The highest BCUT2D eigenvalue weighted by Gasteiger charge is 2.42. The minimum absolute atomic E-state index is 0.409. The molecule has 0 bridgehead atoms. The number of aliphatic hydroxyl groups is 1. The van der Waals surface area contributed by atoms with E-state index in [2.05, 4.69) is 6.92 Å². The van der Waals surface area contributed by atoms with Crippen LogP contribution in [0.3, 0.4) is 0 Å². The number of carbonyl (C=O) groups excluding carboxylic acids is 1. The van der Waals surface area contributed by atoms with Gasteiger partial charge in [-0.25, -0.2) is 0 Å². The Balaban J connectivity index is 1.75. The summed E-state index contributed by atoms with van der Waals surface area (Å²) in [5.74, 6) is 0.0744. The van der Waals surface area contributed by atoms with Crippen molar-refractivity contribution in [2.24, 2.45) is 5.92 Å². The molecule has 0 saturated heterocycles. The molecule has 5 nitrogen and oxygen atoms in total. The number of benzene rings is 3. The molecular weight excluding hydrogens is 416 g/mol. The van der Waals surface area contributed by atoms with Gasteiger partial charge in [0.05, 0.1) is 25.7 Å². The molecule has 1 unspecified atom stereocenters. The average molecular weight is 445 g/mol. The van der Waals surface area contributed by atoms with Crippen LogP contribution in [0.25, 0.3) is 6.08 Å². The van der Waals surface area contributed by atoms with Crippen molar-refractivity contribution in [2.45, 2.75) is 25.4 Å². The Bertz CT molecular complexity index is 1120. The molecule has 1 aliphatic rings. The molecule has 170 valence electrons. The van der Waals surface area contributed by atoms with Crippen molar-refractivity contribution in [3.05, 3.63) is 95.6 Å². The second kappa shape index (κ2) is 10.4. The van der Waals surface area contributed by atoms with Gasteiger partial charge in [0.25, 0.3) is 0 Å². The van der Waals surface area contributed by atoms with E-state index in [9.17, 15) is 9.90 Å². The summed E-state index contributed by atoms with van der Waals surface area (Å²) in [5, 5.41) is 11.1. The van der Waals surface area contributed by atoms with E-state index in [1.807, 2.05) is 72.8 Å². The molecule has 0 amide bonds. The van der Waals surface area contributed by atoms with Crippen LogP contribution >= 0.6 is 0 Å². The highest BCUT2D eigenvalue weighted by Crippen LogP contribution is 2.45. The molecule has 0 aliphatic carbocycles. The predicted octanol–water partition coefficient (Wildman–Crippen LogP) is 5.23. The quantitative estimate of drug-likeness (QED) is 0.381. The fraction of sp³-hybridized carbons (Fsp3) is 0.250. The lowest BCUT2D eigenvalue weighted by molar-refractivity contribution is -0.144. The van der Waals surface area contributed by atoms with Gasteiger partial charge in [-0.3, -0.25) is 4.79 Å². The molecule has 0 aromatic heterocycles. The maximum atomic E-state index is 13.2. The van der Waals surface area contributed by atoms with E-state index in [0.29, 0.717) is 18.1 Å². The van der Waals surface area contributed by atoms with Gasteiger partial charge >= 0.3 is 5.97 Å². The third-order valence-corrected chi connectivity index (χ3v) is 5.74. The molecule has 33 heavy (non-hydrogen) atoms. The molecule has 4 rings (SSSR count). The van der Waals surface area contributed by atoms with Crippen LogP contribution in [0.1, 0.15) is 36.0 Å². The zero-order valence-corrected chi connectivity index (χ0v) is 18.8. The average Bonchev–Trinajstić information content (AvgIpc) is 2.85. The number of fused-ring (bicyclic) bond motifs is 1. The van der Waals surface area contributed by atoms with Crippen LogP contribution in [0.15, 0.2) is 78.9 Å². The Kier molecular flexibility index (Phi) is 7.10. The summed E-state index contributed by atoms with van der Waals surface area (Å²) < 4.78 is 16.8. The number of rotatable bonds is 8. The lowest BCUT2D eigenvalue weighted by Gasteiger charge is -2.34. The van der Waals surface area contributed by atoms with Crippen LogP contribution in [-0.4, -0.2) is 30.9 Å². The first-order chi connectivity index (χ1) is 16.1. The molecule has 3 aromatic rings. The minimum atomic E-state index is -1.04. The Labute approximate surface area is 194 Å². The van der Waals surface area contributed by atoms with Crippen LogP contribution < -0.4 is 14.2 Å². The lowest BCUT2D eigenvalue weighted by atomic mass is 9.76. The lowest BCUT2D eigenvalue weighted by Crippen LogP contribution is -2.39. The summed E-state index contributed by atoms with van der Waals surface area (Å²) >= 11 is 0. The number of esters is 1. The topological polar surface area (TPSA) is 65.0 Å². The summed E-state index contributed by atoms with van der Waals surface area (Å²) in [6, 6.07) is 22.8. The van der Waals surface area contributed by atoms with Crippen molar-refractivity contribution in [3.63, 3.8) is 0 Å². The third kappa shape index (κ3) is 5.10. The van der Waals surface area contributed by atoms with Gasteiger partial charge < -0.3 is 19.3 Å².